The summed E-state index contributed by atoms with van der Waals surface area (Å²) in [6.07, 6.45) is 0. The van der Waals surface area contributed by atoms with Gasteiger partial charge in [-0.25, -0.2) is 0 Å². The molecule has 7 aromatic carbocycles. The maximum absolute atomic E-state index is 14.6. The predicted molar refractivity (Wildman–Crippen MR) is 210 cm³/mol. The largest absolute Gasteiger partial charge is 0.647 e. The zero-order valence-corrected chi connectivity index (χ0v) is 30.8. The lowest BCUT2D eigenvalue weighted by atomic mass is 10.3. The molecule has 0 fully saturated rings. The summed E-state index contributed by atoms with van der Waals surface area (Å²) in [6.45, 7) is 0. The monoisotopic (exact) mass is 758 g/mol. The molecule has 0 saturated carbocycles. The van der Waals surface area contributed by atoms with Crippen LogP contribution in [-0.2, 0) is 13.7 Å². The topological polar surface area (TPSA) is 97.4 Å². The van der Waals surface area contributed by atoms with Gasteiger partial charge in [-0.05, 0) is 84.9 Å². The lowest BCUT2D eigenvalue weighted by molar-refractivity contribution is 0.298. The predicted octanol–water partition coefficient (Wildman–Crippen LogP) is 9.95. The Morgan fingerprint density at radius 3 is 0.830 bits per heavy atom. The van der Waals surface area contributed by atoms with E-state index in [1.54, 1.807) is 164 Å². The molecule has 0 aliphatic carbocycles. The minimum Gasteiger partial charge on any atom is -0.437 e. The minimum absolute atomic E-state index is 0.0690. The van der Waals surface area contributed by atoms with Crippen molar-refractivity contribution < 1.29 is 36.3 Å². The fourth-order valence-corrected chi connectivity index (χ4v) is 10.7. The number of para-hydroxylation sites is 1. The number of phosphoric acid groups is 1. The summed E-state index contributed by atoms with van der Waals surface area (Å²) in [7, 11) is -11.7. The molecule has 264 valence electrons. The smallest absolute Gasteiger partial charge is 0.437 e. The molecule has 0 aliphatic heterocycles. The maximum atomic E-state index is 14.6. The molecule has 11 heteroatoms. The standard InChI is InChI=1S/C42H33O8P3/c43-51(39-24-8-2-9-25-39,40-26-10-3-11-27-40)46-35-20-16-22-37(32-35)49-53(45,48-34-18-6-1-7-19-34)50-38-23-17-21-36(33-38)47-52(44,41-28-12-4-13-29-41)42-30-14-5-15-31-42/h1-33H. The SMILES string of the molecule is O=P(Oc1ccccc1)(Oc1cccc(OP(=O)(c2ccccc2)c2ccccc2)c1)Oc1cccc(OP(=O)(c2ccccc2)c2ccccc2)c1. The van der Waals surface area contributed by atoms with E-state index in [4.69, 9.17) is 22.6 Å². The Morgan fingerprint density at radius 1 is 0.264 bits per heavy atom. The van der Waals surface area contributed by atoms with Gasteiger partial charge < -0.3 is 22.6 Å². The van der Waals surface area contributed by atoms with Gasteiger partial charge in [0.2, 0.25) is 0 Å². The van der Waals surface area contributed by atoms with E-state index in [-0.39, 0.29) is 28.7 Å². The van der Waals surface area contributed by atoms with Crippen LogP contribution < -0.4 is 43.8 Å². The van der Waals surface area contributed by atoms with E-state index < -0.39 is 22.6 Å². The number of rotatable bonds is 14. The highest BCUT2D eigenvalue weighted by Gasteiger charge is 2.35. The average molecular weight is 759 g/mol. The van der Waals surface area contributed by atoms with Gasteiger partial charge in [0.1, 0.15) is 28.7 Å². The molecule has 53 heavy (non-hydrogen) atoms. The molecule has 8 nitrogen and oxygen atoms in total. The van der Waals surface area contributed by atoms with Crippen LogP contribution in [0.4, 0.5) is 0 Å². The van der Waals surface area contributed by atoms with E-state index in [0.29, 0.717) is 21.2 Å². The Balaban J connectivity index is 1.19. The summed E-state index contributed by atoms with van der Waals surface area (Å²) in [5, 5.41) is 2.02. The summed E-state index contributed by atoms with van der Waals surface area (Å²) >= 11 is 0. The molecule has 0 unspecified atom stereocenters. The molecule has 0 heterocycles. The summed E-state index contributed by atoms with van der Waals surface area (Å²) in [4.78, 5) is 0. The summed E-state index contributed by atoms with van der Waals surface area (Å²) < 4.78 is 74.1. The molecule has 0 aliphatic rings. The van der Waals surface area contributed by atoms with Crippen molar-refractivity contribution in [3.05, 3.63) is 200 Å². The van der Waals surface area contributed by atoms with Crippen molar-refractivity contribution >= 4 is 43.8 Å². The Bertz CT molecular complexity index is 2180. The third-order valence-electron chi connectivity index (χ3n) is 7.86. The van der Waals surface area contributed by atoms with Gasteiger partial charge in [-0.3, -0.25) is 9.13 Å². The van der Waals surface area contributed by atoms with Crippen LogP contribution >= 0.6 is 22.6 Å². The van der Waals surface area contributed by atoms with E-state index in [0.717, 1.165) is 0 Å². The highest BCUT2D eigenvalue weighted by molar-refractivity contribution is 7.75. The second-order valence-corrected chi connectivity index (χ2v) is 17.7. The lowest BCUT2D eigenvalue weighted by Gasteiger charge is -2.22. The Hall–Kier alpha value is -5.77. The van der Waals surface area contributed by atoms with E-state index in [1.165, 1.54) is 12.1 Å². The first-order chi connectivity index (χ1) is 25.8. The van der Waals surface area contributed by atoms with Crippen LogP contribution in [0.5, 0.6) is 28.7 Å². The molecule has 7 aromatic rings. The first-order valence-electron chi connectivity index (χ1n) is 16.6. The first kappa shape index (κ1) is 35.6. The molecule has 0 saturated heterocycles. The van der Waals surface area contributed by atoms with Crippen LogP contribution in [0.3, 0.4) is 0 Å². The number of benzene rings is 7. The van der Waals surface area contributed by atoms with Crippen molar-refractivity contribution in [3.63, 3.8) is 0 Å². The summed E-state index contributed by atoms with van der Waals surface area (Å²) in [6, 6.07) is 56.7. The van der Waals surface area contributed by atoms with Gasteiger partial charge in [0.15, 0.2) is 0 Å². The maximum Gasteiger partial charge on any atom is 0.647 e. The van der Waals surface area contributed by atoms with Crippen LogP contribution in [0, 0.1) is 0 Å². The fourth-order valence-electron chi connectivity index (χ4n) is 5.40. The molecule has 0 amide bonds. The first-order valence-corrected chi connectivity index (χ1v) is 21.3. The average Bonchev–Trinajstić information content (AvgIpc) is 3.19. The molecule has 0 aromatic heterocycles. The molecular weight excluding hydrogens is 725 g/mol. The van der Waals surface area contributed by atoms with Gasteiger partial charge in [-0.15, -0.1) is 0 Å². The molecule has 0 radical (unpaired) electrons. The Kier molecular flexibility index (Phi) is 10.7. The van der Waals surface area contributed by atoms with Crippen LogP contribution in [-0.4, -0.2) is 0 Å². The number of phosphoric ester groups is 1. The van der Waals surface area contributed by atoms with Crippen molar-refractivity contribution in [3.8, 4) is 28.7 Å². The van der Waals surface area contributed by atoms with Gasteiger partial charge >= 0.3 is 22.6 Å². The zero-order chi connectivity index (χ0) is 36.6. The van der Waals surface area contributed by atoms with Crippen LogP contribution in [0.15, 0.2) is 200 Å². The van der Waals surface area contributed by atoms with Gasteiger partial charge in [0.25, 0.3) is 0 Å². The highest BCUT2D eigenvalue weighted by Crippen LogP contribution is 2.52. The minimum atomic E-state index is -4.51. The van der Waals surface area contributed by atoms with Crippen LogP contribution in [0.25, 0.3) is 0 Å². The Labute approximate surface area is 308 Å². The van der Waals surface area contributed by atoms with E-state index in [1.807, 2.05) is 24.3 Å². The number of hydrogen-bond donors (Lipinski definition) is 0. The normalized spacial score (nSPS) is 11.6. The van der Waals surface area contributed by atoms with Crippen molar-refractivity contribution in [1.29, 1.82) is 0 Å². The van der Waals surface area contributed by atoms with Crippen molar-refractivity contribution in [2.75, 3.05) is 0 Å². The summed E-state index contributed by atoms with van der Waals surface area (Å²) in [5.74, 6) is 0.778. The van der Waals surface area contributed by atoms with Gasteiger partial charge in [0.05, 0.1) is 21.2 Å². The van der Waals surface area contributed by atoms with Crippen LogP contribution in [0.1, 0.15) is 0 Å². The fraction of sp³-hybridized carbons (Fsp3) is 0. The quantitative estimate of drug-likeness (QED) is 0.101. The molecule has 0 atom stereocenters. The summed E-state index contributed by atoms with van der Waals surface area (Å²) in [5.41, 5.74) is 0. The van der Waals surface area contributed by atoms with Crippen LogP contribution in [0.2, 0.25) is 0 Å². The zero-order valence-electron chi connectivity index (χ0n) is 28.2. The lowest BCUT2D eigenvalue weighted by Crippen LogP contribution is -2.20. The molecule has 0 spiro atoms. The van der Waals surface area contributed by atoms with Gasteiger partial charge in [-0.1, -0.05) is 103 Å². The van der Waals surface area contributed by atoms with Crippen molar-refractivity contribution in [2.45, 2.75) is 0 Å². The van der Waals surface area contributed by atoms with E-state index in [2.05, 4.69) is 0 Å². The molecule has 7 rings (SSSR count). The van der Waals surface area contributed by atoms with Crippen molar-refractivity contribution in [2.24, 2.45) is 0 Å². The van der Waals surface area contributed by atoms with Gasteiger partial charge in [-0.2, -0.15) is 4.57 Å². The van der Waals surface area contributed by atoms with E-state index >= 15 is 0 Å². The van der Waals surface area contributed by atoms with E-state index in [9.17, 15) is 13.7 Å². The molecule has 0 N–H and O–H groups in total. The van der Waals surface area contributed by atoms with Crippen molar-refractivity contribution in [1.82, 2.24) is 0 Å². The Morgan fingerprint density at radius 2 is 0.509 bits per heavy atom. The highest BCUT2D eigenvalue weighted by atomic mass is 31.2. The second kappa shape index (κ2) is 15.9. The molecular formula is C42H33O8P3. The third-order valence-corrected chi connectivity index (χ3v) is 14.0. The molecule has 0 bridgehead atoms. The van der Waals surface area contributed by atoms with Gasteiger partial charge in [0, 0.05) is 12.1 Å². The number of hydrogen-bond acceptors (Lipinski definition) is 8. The third kappa shape index (κ3) is 8.49. The second-order valence-electron chi connectivity index (χ2n) is 11.6.